The Bertz CT molecular complexity index is 1110. The highest BCUT2D eigenvalue weighted by Gasteiger charge is 2.30. The normalized spacial score (nSPS) is 16.1. The number of hydrogen-bond donors (Lipinski definition) is 4. The lowest BCUT2D eigenvalue weighted by Gasteiger charge is -2.23. The second-order valence-electron chi connectivity index (χ2n) is 7.02. The first-order valence-electron chi connectivity index (χ1n) is 9.03. The first-order chi connectivity index (χ1) is 13.4. The van der Waals surface area contributed by atoms with E-state index in [1.165, 1.54) is 6.20 Å². The Hall–Kier alpha value is -2.68. The van der Waals surface area contributed by atoms with Gasteiger partial charge in [0.2, 0.25) is 5.95 Å². The van der Waals surface area contributed by atoms with Gasteiger partial charge in [0.15, 0.2) is 0 Å². The SMILES string of the molecule is CC(Nc1nc(N)ncc1C(N)O)c1cc2cccc(Cl)c2c(=O)n1C1CC1. The van der Waals surface area contributed by atoms with Crippen LogP contribution in [0.5, 0.6) is 0 Å². The molecule has 3 aromatic rings. The Morgan fingerprint density at radius 1 is 1.39 bits per heavy atom. The van der Waals surface area contributed by atoms with Crippen LogP contribution in [-0.2, 0) is 0 Å². The van der Waals surface area contributed by atoms with Gasteiger partial charge in [0, 0.05) is 17.9 Å². The molecule has 2 atom stereocenters. The highest BCUT2D eigenvalue weighted by molar-refractivity contribution is 6.35. The van der Waals surface area contributed by atoms with Gasteiger partial charge in [0.25, 0.3) is 5.56 Å². The molecule has 0 radical (unpaired) electrons. The number of nitrogen functional groups attached to an aromatic ring is 1. The molecule has 28 heavy (non-hydrogen) atoms. The minimum absolute atomic E-state index is 0.0592. The van der Waals surface area contributed by atoms with Crippen LogP contribution in [0.3, 0.4) is 0 Å². The molecule has 0 bridgehead atoms. The molecule has 1 fully saturated rings. The zero-order valence-electron chi connectivity index (χ0n) is 15.3. The van der Waals surface area contributed by atoms with E-state index in [0.717, 1.165) is 23.9 Å². The van der Waals surface area contributed by atoms with E-state index in [-0.39, 0.29) is 23.6 Å². The number of hydrogen-bond acceptors (Lipinski definition) is 7. The molecule has 0 spiro atoms. The maximum atomic E-state index is 13.2. The summed E-state index contributed by atoms with van der Waals surface area (Å²) in [5.41, 5.74) is 12.3. The van der Waals surface area contributed by atoms with Crippen LogP contribution in [0.15, 0.2) is 35.3 Å². The Kier molecular flexibility index (Phi) is 4.70. The predicted octanol–water partition coefficient (Wildman–Crippen LogP) is 2.48. The monoisotopic (exact) mass is 400 g/mol. The summed E-state index contributed by atoms with van der Waals surface area (Å²) in [5, 5.41) is 14.8. The van der Waals surface area contributed by atoms with Gasteiger partial charge in [-0.05, 0) is 37.3 Å². The first-order valence-corrected chi connectivity index (χ1v) is 9.41. The number of halogens is 1. The van der Waals surface area contributed by atoms with Gasteiger partial charge in [-0.15, -0.1) is 0 Å². The molecule has 0 saturated heterocycles. The summed E-state index contributed by atoms with van der Waals surface area (Å²) in [6, 6.07) is 7.23. The van der Waals surface area contributed by atoms with E-state index < -0.39 is 6.23 Å². The van der Waals surface area contributed by atoms with Crippen molar-refractivity contribution >= 4 is 34.1 Å². The van der Waals surface area contributed by atoms with Crippen LogP contribution in [-0.4, -0.2) is 19.6 Å². The number of aliphatic hydroxyl groups is 1. The van der Waals surface area contributed by atoms with Crippen molar-refractivity contribution in [2.24, 2.45) is 5.73 Å². The fourth-order valence-corrected chi connectivity index (χ4v) is 3.67. The second-order valence-corrected chi connectivity index (χ2v) is 7.43. The lowest BCUT2D eigenvalue weighted by Crippen LogP contribution is -2.27. The summed E-state index contributed by atoms with van der Waals surface area (Å²) in [6.45, 7) is 1.91. The smallest absolute Gasteiger partial charge is 0.260 e. The predicted molar refractivity (Wildman–Crippen MR) is 109 cm³/mol. The third kappa shape index (κ3) is 3.30. The average Bonchev–Trinajstić information content (AvgIpc) is 3.46. The number of pyridine rings is 1. The minimum atomic E-state index is -1.25. The van der Waals surface area contributed by atoms with Crippen LogP contribution in [0.2, 0.25) is 5.02 Å². The van der Waals surface area contributed by atoms with Crippen molar-refractivity contribution in [3.8, 4) is 0 Å². The van der Waals surface area contributed by atoms with Crippen molar-refractivity contribution in [1.82, 2.24) is 14.5 Å². The average molecular weight is 401 g/mol. The first kappa shape index (κ1) is 18.7. The third-order valence-electron chi connectivity index (χ3n) is 4.92. The highest BCUT2D eigenvalue weighted by Crippen LogP contribution is 2.38. The van der Waals surface area contributed by atoms with Gasteiger partial charge in [-0.2, -0.15) is 4.98 Å². The number of aromatic nitrogens is 3. The number of nitrogens with two attached hydrogens (primary N) is 2. The third-order valence-corrected chi connectivity index (χ3v) is 5.24. The van der Waals surface area contributed by atoms with Crippen molar-refractivity contribution in [2.75, 3.05) is 11.1 Å². The number of nitrogens with zero attached hydrogens (tertiary/aromatic N) is 3. The molecule has 1 aliphatic carbocycles. The highest BCUT2D eigenvalue weighted by atomic mass is 35.5. The lowest BCUT2D eigenvalue weighted by atomic mass is 10.1. The van der Waals surface area contributed by atoms with Gasteiger partial charge < -0.3 is 26.5 Å². The van der Waals surface area contributed by atoms with Crippen molar-refractivity contribution in [3.63, 3.8) is 0 Å². The molecule has 8 nitrogen and oxygen atoms in total. The van der Waals surface area contributed by atoms with Crippen LogP contribution >= 0.6 is 11.6 Å². The van der Waals surface area contributed by atoms with E-state index in [0.29, 0.717) is 21.8 Å². The van der Waals surface area contributed by atoms with Crippen molar-refractivity contribution in [1.29, 1.82) is 0 Å². The fraction of sp³-hybridized carbons (Fsp3) is 0.316. The van der Waals surface area contributed by atoms with Crippen LogP contribution in [0.1, 0.15) is 49.3 Å². The van der Waals surface area contributed by atoms with Crippen molar-refractivity contribution < 1.29 is 5.11 Å². The Morgan fingerprint density at radius 2 is 2.14 bits per heavy atom. The van der Waals surface area contributed by atoms with E-state index >= 15 is 0 Å². The van der Waals surface area contributed by atoms with E-state index in [1.807, 2.05) is 25.1 Å². The summed E-state index contributed by atoms with van der Waals surface area (Å²) < 4.78 is 1.80. The molecule has 4 rings (SSSR count). The zero-order chi connectivity index (χ0) is 20.0. The molecule has 1 aromatic carbocycles. The van der Waals surface area contributed by atoms with Gasteiger partial charge in [0.05, 0.1) is 22.0 Å². The van der Waals surface area contributed by atoms with Gasteiger partial charge in [-0.3, -0.25) is 4.79 Å². The van der Waals surface area contributed by atoms with Crippen LogP contribution < -0.4 is 22.3 Å². The molecular formula is C19H21ClN6O2. The second kappa shape index (κ2) is 7.05. The van der Waals surface area contributed by atoms with E-state index in [9.17, 15) is 9.90 Å². The standard InChI is InChI=1S/C19H21ClN6O2/c1-9(24-17-12(16(21)27)8-23-19(22)25-17)14-7-10-3-2-4-13(20)15(10)18(28)26(14)11-5-6-11/h2-4,7-9,11,16,27H,5-6,21H2,1H3,(H3,22,23,24,25). The molecule has 2 heterocycles. The number of benzene rings is 1. The summed E-state index contributed by atoms with van der Waals surface area (Å²) in [7, 11) is 0. The number of fused-ring (bicyclic) bond motifs is 1. The largest absolute Gasteiger partial charge is 0.374 e. The summed E-state index contributed by atoms with van der Waals surface area (Å²) in [5.74, 6) is 0.389. The van der Waals surface area contributed by atoms with Crippen molar-refractivity contribution in [2.45, 2.75) is 38.1 Å². The molecule has 1 saturated carbocycles. The van der Waals surface area contributed by atoms with Gasteiger partial charge in [-0.1, -0.05) is 23.7 Å². The van der Waals surface area contributed by atoms with Gasteiger partial charge >= 0.3 is 0 Å². The van der Waals surface area contributed by atoms with Crippen LogP contribution in [0.4, 0.5) is 11.8 Å². The van der Waals surface area contributed by atoms with E-state index in [1.54, 1.807) is 10.6 Å². The topological polar surface area (TPSA) is 132 Å². The fourth-order valence-electron chi connectivity index (χ4n) is 3.41. The minimum Gasteiger partial charge on any atom is -0.374 e. The number of rotatable bonds is 5. The van der Waals surface area contributed by atoms with Gasteiger partial charge in [-0.25, -0.2) is 4.98 Å². The number of nitrogens with one attached hydrogen (secondary N) is 1. The van der Waals surface area contributed by atoms with Crippen LogP contribution in [0.25, 0.3) is 10.8 Å². The Labute approximate surface area is 166 Å². The molecule has 9 heteroatoms. The molecule has 2 unspecified atom stereocenters. The molecular weight excluding hydrogens is 380 g/mol. The summed E-state index contributed by atoms with van der Waals surface area (Å²) in [4.78, 5) is 21.2. The molecule has 146 valence electrons. The Balaban J connectivity index is 1.82. The number of aliphatic hydroxyl groups excluding tert-OH is 1. The Morgan fingerprint density at radius 3 is 2.82 bits per heavy atom. The molecule has 0 aliphatic heterocycles. The maximum Gasteiger partial charge on any atom is 0.260 e. The van der Waals surface area contributed by atoms with E-state index in [2.05, 4.69) is 15.3 Å². The zero-order valence-corrected chi connectivity index (χ0v) is 16.0. The van der Waals surface area contributed by atoms with E-state index in [4.69, 9.17) is 23.1 Å². The summed E-state index contributed by atoms with van der Waals surface area (Å²) >= 11 is 6.29. The lowest BCUT2D eigenvalue weighted by molar-refractivity contribution is 0.186. The summed E-state index contributed by atoms with van der Waals surface area (Å²) in [6.07, 6.45) is 2.03. The maximum absolute atomic E-state index is 13.2. The quantitative estimate of drug-likeness (QED) is 0.483. The van der Waals surface area contributed by atoms with Crippen LogP contribution in [0, 0.1) is 0 Å². The van der Waals surface area contributed by atoms with Crippen molar-refractivity contribution in [3.05, 3.63) is 57.1 Å². The molecule has 1 aliphatic rings. The van der Waals surface area contributed by atoms with Gasteiger partial charge in [0.1, 0.15) is 12.0 Å². The molecule has 6 N–H and O–H groups in total. The molecule has 2 aromatic heterocycles. The molecule has 0 amide bonds. The number of anilines is 2.